The van der Waals surface area contributed by atoms with Crippen LogP contribution in [0.15, 0.2) is 42.6 Å². The van der Waals surface area contributed by atoms with Crippen molar-refractivity contribution in [3.05, 3.63) is 48.2 Å². The Morgan fingerprint density at radius 3 is 2.76 bits per heavy atom. The number of amides is 1. The van der Waals surface area contributed by atoms with Crippen LogP contribution in [0.1, 0.15) is 16.8 Å². The van der Waals surface area contributed by atoms with Gasteiger partial charge in [-0.05, 0) is 27.1 Å². The highest BCUT2D eigenvalue weighted by Crippen LogP contribution is 2.23. The summed E-state index contributed by atoms with van der Waals surface area (Å²) in [5.41, 5.74) is 2.13. The molecule has 0 aliphatic rings. The van der Waals surface area contributed by atoms with Gasteiger partial charge in [0.05, 0.1) is 11.9 Å². The number of hydrogen-bond acceptors (Lipinski definition) is 5. The van der Waals surface area contributed by atoms with E-state index in [0.29, 0.717) is 23.4 Å². The van der Waals surface area contributed by atoms with Crippen LogP contribution < -0.4 is 5.32 Å². The van der Waals surface area contributed by atoms with Gasteiger partial charge in [0.2, 0.25) is 5.88 Å². The summed E-state index contributed by atoms with van der Waals surface area (Å²) in [5.74, 6) is -0.304. The first-order valence-corrected chi connectivity index (χ1v) is 8.12. The van der Waals surface area contributed by atoms with E-state index in [2.05, 4.69) is 20.3 Å². The van der Waals surface area contributed by atoms with Crippen molar-refractivity contribution >= 4 is 11.6 Å². The van der Waals surface area contributed by atoms with E-state index in [1.165, 1.54) is 16.8 Å². The topological polar surface area (TPSA) is 82.8 Å². The molecule has 0 bridgehead atoms. The molecule has 1 aromatic carbocycles. The molecule has 1 amide bonds. The minimum absolute atomic E-state index is 0.0597. The van der Waals surface area contributed by atoms with Crippen LogP contribution in [0.3, 0.4) is 0 Å². The quantitative estimate of drug-likeness (QED) is 0.669. The van der Waals surface area contributed by atoms with Gasteiger partial charge in [-0.1, -0.05) is 30.3 Å². The van der Waals surface area contributed by atoms with Crippen LogP contribution in [-0.2, 0) is 0 Å². The zero-order chi connectivity index (χ0) is 17.8. The van der Waals surface area contributed by atoms with Gasteiger partial charge in [0.1, 0.15) is 5.56 Å². The maximum atomic E-state index is 12.4. The van der Waals surface area contributed by atoms with Gasteiger partial charge in [-0.25, -0.2) is 4.98 Å². The molecule has 0 saturated heterocycles. The van der Waals surface area contributed by atoms with E-state index < -0.39 is 0 Å². The fourth-order valence-electron chi connectivity index (χ4n) is 2.56. The lowest BCUT2D eigenvalue weighted by Gasteiger charge is -2.09. The van der Waals surface area contributed by atoms with E-state index in [1.807, 2.05) is 44.4 Å². The molecule has 2 aromatic heterocycles. The molecule has 3 rings (SSSR count). The summed E-state index contributed by atoms with van der Waals surface area (Å²) in [5, 5.41) is 17.1. The summed E-state index contributed by atoms with van der Waals surface area (Å²) in [6.07, 6.45) is 2.28. The fraction of sp³-hybridized carbons (Fsp3) is 0.278. The zero-order valence-corrected chi connectivity index (χ0v) is 14.3. The molecule has 25 heavy (non-hydrogen) atoms. The largest absolute Gasteiger partial charge is 0.493 e. The molecule has 130 valence electrons. The van der Waals surface area contributed by atoms with E-state index in [9.17, 15) is 9.90 Å². The predicted octanol–water partition coefficient (Wildman–Crippen LogP) is 1.78. The first-order chi connectivity index (χ1) is 12.1. The van der Waals surface area contributed by atoms with Crippen molar-refractivity contribution in [3.8, 4) is 17.1 Å². The summed E-state index contributed by atoms with van der Waals surface area (Å²) in [4.78, 5) is 19.0. The van der Waals surface area contributed by atoms with Crippen molar-refractivity contribution in [3.63, 3.8) is 0 Å². The number of nitrogens with zero attached hydrogens (tertiary/aromatic N) is 4. The molecule has 0 atom stereocenters. The molecule has 0 radical (unpaired) electrons. The number of nitrogens with one attached hydrogen (secondary N) is 1. The Balaban J connectivity index is 1.87. The average molecular weight is 339 g/mol. The molecular formula is C18H21N5O2. The van der Waals surface area contributed by atoms with Gasteiger partial charge in [-0.2, -0.15) is 9.61 Å². The summed E-state index contributed by atoms with van der Waals surface area (Å²) < 4.78 is 1.27. The smallest absolute Gasteiger partial charge is 0.256 e. The third kappa shape index (κ3) is 3.77. The van der Waals surface area contributed by atoms with Gasteiger partial charge in [-0.3, -0.25) is 4.79 Å². The Labute approximate surface area is 145 Å². The van der Waals surface area contributed by atoms with Gasteiger partial charge < -0.3 is 15.3 Å². The summed E-state index contributed by atoms with van der Waals surface area (Å²) in [6, 6.07) is 11.0. The second-order valence-corrected chi connectivity index (χ2v) is 6.07. The molecule has 0 saturated carbocycles. The van der Waals surface area contributed by atoms with Crippen molar-refractivity contribution in [2.24, 2.45) is 0 Å². The number of carbonyl (C=O) groups is 1. The van der Waals surface area contributed by atoms with Crippen molar-refractivity contribution in [1.82, 2.24) is 24.8 Å². The number of rotatable bonds is 6. The standard InChI is InChI=1S/C18H21N5O2/c1-22(2)10-6-9-19-18(25)14-12-20-23-16(24)11-15(21-17(14)23)13-7-4-3-5-8-13/h3-5,7-8,11-12,24H,6,9-10H2,1-2H3,(H,19,25). The lowest BCUT2D eigenvalue weighted by molar-refractivity contribution is 0.0954. The highest BCUT2D eigenvalue weighted by Gasteiger charge is 2.17. The van der Waals surface area contributed by atoms with Crippen LogP contribution in [-0.4, -0.2) is 57.7 Å². The van der Waals surface area contributed by atoms with E-state index >= 15 is 0 Å². The molecule has 0 spiro atoms. The normalized spacial score (nSPS) is 11.2. The molecule has 0 fully saturated rings. The highest BCUT2D eigenvalue weighted by molar-refractivity contribution is 5.99. The maximum Gasteiger partial charge on any atom is 0.256 e. The minimum Gasteiger partial charge on any atom is -0.493 e. The van der Waals surface area contributed by atoms with Crippen LogP contribution in [0.25, 0.3) is 16.9 Å². The number of aromatic nitrogens is 3. The third-order valence-corrected chi connectivity index (χ3v) is 3.83. The SMILES string of the molecule is CN(C)CCCNC(=O)c1cnn2c(O)cc(-c3ccccc3)nc12. The first-order valence-electron chi connectivity index (χ1n) is 8.12. The molecule has 3 aromatic rings. The number of hydrogen-bond donors (Lipinski definition) is 2. The van der Waals surface area contributed by atoms with Gasteiger partial charge in [0.15, 0.2) is 5.65 Å². The van der Waals surface area contributed by atoms with E-state index in [1.54, 1.807) is 0 Å². The summed E-state index contributed by atoms with van der Waals surface area (Å²) in [7, 11) is 3.98. The molecule has 0 aliphatic carbocycles. The second-order valence-electron chi connectivity index (χ2n) is 6.07. The van der Waals surface area contributed by atoms with Crippen LogP contribution in [0, 0.1) is 0 Å². The molecule has 0 unspecified atom stereocenters. The monoisotopic (exact) mass is 339 g/mol. The van der Waals surface area contributed by atoms with Gasteiger partial charge >= 0.3 is 0 Å². The Morgan fingerprint density at radius 2 is 2.04 bits per heavy atom. The predicted molar refractivity (Wildman–Crippen MR) is 95.6 cm³/mol. The van der Waals surface area contributed by atoms with Gasteiger partial charge in [-0.15, -0.1) is 0 Å². The number of fused-ring (bicyclic) bond motifs is 1. The van der Waals surface area contributed by atoms with Crippen molar-refractivity contribution in [2.75, 3.05) is 27.2 Å². The maximum absolute atomic E-state index is 12.4. The van der Waals surface area contributed by atoms with Crippen LogP contribution >= 0.6 is 0 Å². The Bertz CT molecular complexity index is 874. The van der Waals surface area contributed by atoms with Crippen LogP contribution in [0.5, 0.6) is 5.88 Å². The Hall–Kier alpha value is -2.93. The average Bonchev–Trinajstić information content (AvgIpc) is 3.04. The van der Waals surface area contributed by atoms with E-state index in [-0.39, 0.29) is 11.8 Å². The van der Waals surface area contributed by atoms with Gasteiger partial charge in [0, 0.05) is 18.2 Å². The Kier molecular flexibility index (Phi) is 4.95. The summed E-state index contributed by atoms with van der Waals surface area (Å²) in [6.45, 7) is 1.46. The molecule has 0 aliphatic heterocycles. The van der Waals surface area contributed by atoms with Crippen LogP contribution in [0.2, 0.25) is 0 Å². The number of benzene rings is 1. The second kappa shape index (κ2) is 7.31. The van der Waals surface area contributed by atoms with Crippen molar-refractivity contribution < 1.29 is 9.90 Å². The van der Waals surface area contributed by atoms with Crippen molar-refractivity contribution in [2.45, 2.75) is 6.42 Å². The molecule has 2 heterocycles. The molecule has 7 heteroatoms. The zero-order valence-electron chi connectivity index (χ0n) is 14.3. The molecular weight excluding hydrogens is 318 g/mol. The lowest BCUT2D eigenvalue weighted by atomic mass is 10.1. The lowest BCUT2D eigenvalue weighted by Crippen LogP contribution is -2.27. The van der Waals surface area contributed by atoms with Gasteiger partial charge in [0.25, 0.3) is 5.91 Å². The van der Waals surface area contributed by atoms with E-state index in [4.69, 9.17) is 0 Å². The third-order valence-electron chi connectivity index (χ3n) is 3.83. The highest BCUT2D eigenvalue weighted by atomic mass is 16.3. The first kappa shape index (κ1) is 16.9. The Morgan fingerprint density at radius 1 is 1.28 bits per heavy atom. The van der Waals surface area contributed by atoms with Crippen LogP contribution in [0.4, 0.5) is 0 Å². The number of aromatic hydroxyl groups is 1. The van der Waals surface area contributed by atoms with E-state index in [0.717, 1.165) is 18.5 Å². The molecule has 7 nitrogen and oxygen atoms in total. The fourth-order valence-corrected chi connectivity index (χ4v) is 2.56. The summed E-state index contributed by atoms with van der Waals surface area (Å²) >= 11 is 0. The van der Waals surface area contributed by atoms with Crippen molar-refractivity contribution in [1.29, 1.82) is 0 Å². The number of carbonyl (C=O) groups excluding carboxylic acids is 1. The minimum atomic E-state index is -0.245. The molecule has 2 N–H and O–H groups in total.